The molecule has 2 heterocycles. The van der Waals surface area contributed by atoms with Crippen molar-refractivity contribution in [3.05, 3.63) is 40.5 Å². The molecule has 0 atom stereocenters. The first-order valence-corrected chi connectivity index (χ1v) is 9.41. The van der Waals surface area contributed by atoms with Gasteiger partial charge in [-0.05, 0) is 25.0 Å². The van der Waals surface area contributed by atoms with Gasteiger partial charge in [0, 0.05) is 40.9 Å². The summed E-state index contributed by atoms with van der Waals surface area (Å²) in [5.41, 5.74) is 3.75. The van der Waals surface area contributed by atoms with E-state index in [-0.39, 0.29) is 6.04 Å². The summed E-state index contributed by atoms with van der Waals surface area (Å²) in [6.45, 7) is 0.910. The fourth-order valence-electron chi connectivity index (χ4n) is 3.78. The van der Waals surface area contributed by atoms with E-state index in [2.05, 4.69) is 15.5 Å². The second-order valence-corrected chi connectivity index (χ2v) is 7.40. The van der Waals surface area contributed by atoms with Gasteiger partial charge < -0.3 is 10.2 Å². The number of hydrogen-bond acceptors (Lipinski definition) is 3. The Labute approximate surface area is 156 Å². The molecule has 6 nitrogen and oxygen atoms in total. The maximum absolute atomic E-state index is 12.6. The average molecular weight is 373 g/mol. The highest BCUT2D eigenvalue weighted by Gasteiger charge is 2.30. The van der Waals surface area contributed by atoms with Crippen molar-refractivity contribution in [2.75, 3.05) is 6.54 Å². The van der Waals surface area contributed by atoms with Crippen molar-refractivity contribution in [3.8, 4) is 11.3 Å². The second-order valence-electron chi connectivity index (χ2n) is 6.97. The van der Waals surface area contributed by atoms with E-state index in [0.717, 1.165) is 48.2 Å². The number of carbonyl (C=O) groups excluding carboxylic acids is 2. The van der Waals surface area contributed by atoms with Crippen molar-refractivity contribution in [2.24, 2.45) is 0 Å². The van der Waals surface area contributed by atoms with E-state index < -0.39 is 11.8 Å². The van der Waals surface area contributed by atoms with Crippen LogP contribution in [0.5, 0.6) is 0 Å². The van der Waals surface area contributed by atoms with Crippen LogP contribution in [0.15, 0.2) is 24.3 Å². The number of benzene rings is 1. The first kappa shape index (κ1) is 17.1. The second kappa shape index (κ2) is 7.11. The minimum atomic E-state index is -0.489. The van der Waals surface area contributed by atoms with Gasteiger partial charge in [-0.15, -0.1) is 0 Å². The zero-order valence-electron chi connectivity index (χ0n) is 14.4. The molecule has 1 aliphatic carbocycles. The number of halogens is 1. The Hall–Kier alpha value is -2.34. The van der Waals surface area contributed by atoms with Crippen molar-refractivity contribution in [1.29, 1.82) is 0 Å². The molecule has 2 aromatic rings. The van der Waals surface area contributed by atoms with E-state index in [0.29, 0.717) is 24.5 Å². The number of aromatic amines is 1. The summed E-state index contributed by atoms with van der Waals surface area (Å²) in [5, 5.41) is 11.0. The van der Waals surface area contributed by atoms with E-state index in [1.54, 1.807) is 4.90 Å². The average Bonchev–Trinajstić information content (AvgIpc) is 3.31. The molecule has 0 saturated heterocycles. The summed E-state index contributed by atoms with van der Waals surface area (Å²) >= 11 is 5.96. The van der Waals surface area contributed by atoms with E-state index in [4.69, 9.17) is 11.6 Å². The van der Waals surface area contributed by atoms with Gasteiger partial charge in [-0.3, -0.25) is 14.7 Å². The number of rotatable bonds is 2. The highest BCUT2D eigenvalue weighted by atomic mass is 35.5. The smallest absolute Gasteiger partial charge is 0.312 e. The monoisotopic (exact) mass is 372 g/mol. The van der Waals surface area contributed by atoms with Crippen LogP contribution in [0.4, 0.5) is 0 Å². The maximum atomic E-state index is 12.6. The molecular formula is C19H21ClN4O2. The lowest BCUT2D eigenvalue weighted by Gasteiger charge is -2.27. The Kier molecular flexibility index (Phi) is 4.68. The molecule has 2 N–H and O–H groups in total. The minimum absolute atomic E-state index is 0.144. The predicted octanol–water partition coefficient (Wildman–Crippen LogP) is 2.67. The molecular weight excluding hydrogens is 352 g/mol. The minimum Gasteiger partial charge on any atom is -0.345 e. The highest BCUT2D eigenvalue weighted by molar-refractivity contribution is 6.35. The Balaban J connectivity index is 1.50. The van der Waals surface area contributed by atoms with Crippen molar-refractivity contribution >= 4 is 23.4 Å². The number of carbonyl (C=O) groups is 2. The fourth-order valence-corrected chi connectivity index (χ4v) is 3.90. The Morgan fingerprint density at radius 3 is 2.65 bits per heavy atom. The van der Waals surface area contributed by atoms with E-state index >= 15 is 0 Å². The highest BCUT2D eigenvalue weighted by Crippen LogP contribution is 2.29. The number of fused-ring (bicyclic) bond motifs is 1. The Bertz CT molecular complexity index is 825. The van der Waals surface area contributed by atoms with Crippen LogP contribution in [0.3, 0.4) is 0 Å². The van der Waals surface area contributed by atoms with Crippen LogP contribution in [0, 0.1) is 0 Å². The van der Waals surface area contributed by atoms with Crippen LogP contribution >= 0.6 is 11.6 Å². The van der Waals surface area contributed by atoms with Gasteiger partial charge in [0.15, 0.2) is 0 Å². The van der Waals surface area contributed by atoms with Crippen LogP contribution in [0.1, 0.15) is 36.9 Å². The third-order valence-corrected chi connectivity index (χ3v) is 5.47. The molecule has 4 rings (SSSR count). The molecule has 1 aliphatic heterocycles. The molecule has 1 aromatic heterocycles. The summed E-state index contributed by atoms with van der Waals surface area (Å²) in [6.07, 6.45) is 4.83. The quantitative estimate of drug-likeness (QED) is 0.795. The number of aromatic nitrogens is 2. The van der Waals surface area contributed by atoms with Crippen LogP contribution in [0.25, 0.3) is 11.3 Å². The summed E-state index contributed by atoms with van der Waals surface area (Å²) < 4.78 is 0. The number of nitrogens with one attached hydrogen (secondary N) is 2. The molecule has 0 unspecified atom stereocenters. The van der Waals surface area contributed by atoms with Crippen LogP contribution in [-0.2, 0) is 22.6 Å². The third-order valence-electron chi connectivity index (χ3n) is 5.22. The molecule has 1 fully saturated rings. The summed E-state index contributed by atoms with van der Waals surface area (Å²) in [5.74, 6) is -0.942. The van der Waals surface area contributed by atoms with Crippen molar-refractivity contribution < 1.29 is 9.59 Å². The Morgan fingerprint density at radius 2 is 1.92 bits per heavy atom. The predicted molar refractivity (Wildman–Crippen MR) is 98.6 cm³/mol. The van der Waals surface area contributed by atoms with Gasteiger partial charge in [-0.1, -0.05) is 36.6 Å². The zero-order chi connectivity index (χ0) is 18.1. The fraction of sp³-hybridized carbons (Fsp3) is 0.421. The zero-order valence-corrected chi connectivity index (χ0v) is 15.2. The molecule has 7 heteroatoms. The molecule has 2 amide bonds. The van der Waals surface area contributed by atoms with Crippen LogP contribution in [0.2, 0.25) is 5.02 Å². The van der Waals surface area contributed by atoms with Crippen LogP contribution in [-0.4, -0.2) is 39.5 Å². The van der Waals surface area contributed by atoms with E-state index in [1.807, 2.05) is 24.3 Å². The third kappa shape index (κ3) is 3.33. The van der Waals surface area contributed by atoms with Gasteiger partial charge in [0.1, 0.15) is 0 Å². The Morgan fingerprint density at radius 1 is 1.19 bits per heavy atom. The van der Waals surface area contributed by atoms with Crippen molar-refractivity contribution in [2.45, 2.75) is 44.7 Å². The van der Waals surface area contributed by atoms with Gasteiger partial charge in [0.25, 0.3) is 0 Å². The molecule has 1 saturated carbocycles. The molecule has 136 valence electrons. The van der Waals surface area contributed by atoms with Gasteiger partial charge in [-0.2, -0.15) is 5.10 Å². The molecule has 0 bridgehead atoms. The first-order chi connectivity index (χ1) is 12.6. The lowest BCUT2D eigenvalue weighted by molar-refractivity contribution is -0.146. The summed E-state index contributed by atoms with van der Waals surface area (Å²) in [4.78, 5) is 26.5. The number of amides is 2. The largest absolute Gasteiger partial charge is 0.345 e. The molecule has 26 heavy (non-hydrogen) atoms. The molecule has 2 aliphatic rings. The number of nitrogens with zero attached hydrogens (tertiary/aromatic N) is 2. The molecule has 0 spiro atoms. The topological polar surface area (TPSA) is 78.1 Å². The summed E-state index contributed by atoms with van der Waals surface area (Å²) in [7, 11) is 0. The van der Waals surface area contributed by atoms with Gasteiger partial charge >= 0.3 is 11.8 Å². The van der Waals surface area contributed by atoms with E-state index in [1.165, 1.54) is 0 Å². The lowest BCUT2D eigenvalue weighted by atomic mass is 10.0. The van der Waals surface area contributed by atoms with Gasteiger partial charge in [-0.25, -0.2) is 0 Å². The van der Waals surface area contributed by atoms with Crippen LogP contribution < -0.4 is 5.32 Å². The van der Waals surface area contributed by atoms with Crippen molar-refractivity contribution in [1.82, 2.24) is 20.4 Å². The normalized spacial score (nSPS) is 17.2. The standard InChI is InChI=1S/C19H21ClN4O2/c20-13-7-5-12(6-8-13)17-15-11-24(10-9-16(15)22-23-17)19(26)18(25)21-14-3-1-2-4-14/h5-8,14H,1-4,9-11H2,(H,21,25)(H,22,23). The van der Waals surface area contributed by atoms with Gasteiger partial charge in [0.2, 0.25) is 0 Å². The molecule has 0 radical (unpaired) electrons. The maximum Gasteiger partial charge on any atom is 0.312 e. The van der Waals surface area contributed by atoms with E-state index in [9.17, 15) is 9.59 Å². The first-order valence-electron chi connectivity index (χ1n) is 9.03. The van der Waals surface area contributed by atoms with Gasteiger partial charge in [0.05, 0.1) is 12.2 Å². The number of H-pyrrole nitrogens is 1. The SMILES string of the molecule is O=C(NC1CCCC1)C(=O)N1CCc2[nH]nc(-c3ccc(Cl)cc3)c2C1. The number of hydrogen-bond donors (Lipinski definition) is 2. The van der Waals surface area contributed by atoms with Crippen molar-refractivity contribution in [3.63, 3.8) is 0 Å². The molecule has 1 aromatic carbocycles. The lowest BCUT2D eigenvalue weighted by Crippen LogP contribution is -2.47. The summed E-state index contributed by atoms with van der Waals surface area (Å²) in [6, 6.07) is 7.60.